The van der Waals surface area contributed by atoms with Crippen molar-refractivity contribution in [1.82, 2.24) is 4.98 Å². The second-order valence-corrected chi connectivity index (χ2v) is 3.58. The third kappa shape index (κ3) is 3.76. The molecule has 1 heterocycles. The highest BCUT2D eigenvalue weighted by Gasteiger charge is 2.08. The molecule has 1 aromatic heterocycles. The minimum Gasteiger partial charge on any atom is -0.469 e. The van der Waals surface area contributed by atoms with E-state index in [4.69, 9.17) is 5.26 Å². The number of hydrogen-bond acceptors (Lipinski definition) is 5. The third-order valence-electron chi connectivity index (χ3n) is 2.41. The van der Waals surface area contributed by atoms with Crippen molar-refractivity contribution in [2.24, 2.45) is 0 Å². The van der Waals surface area contributed by atoms with Gasteiger partial charge in [-0.15, -0.1) is 0 Å². The molecule has 0 aliphatic rings. The van der Waals surface area contributed by atoms with Crippen molar-refractivity contribution >= 4 is 11.7 Å². The van der Waals surface area contributed by atoms with Gasteiger partial charge in [0.1, 0.15) is 6.07 Å². The number of nitriles is 1. The summed E-state index contributed by atoms with van der Waals surface area (Å²) in [7, 11) is 3.25. The van der Waals surface area contributed by atoms with E-state index < -0.39 is 0 Å². The van der Waals surface area contributed by atoms with E-state index >= 15 is 0 Å². The minimum atomic E-state index is -0.218. The summed E-state index contributed by atoms with van der Waals surface area (Å²) in [5.41, 5.74) is 1.17. The molecule has 17 heavy (non-hydrogen) atoms. The molecular weight excluding hydrogens is 218 g/mol. The van der Waals surface area contributed by atoms with Crippen molar-refractivity contribution in [2.45, 2.75) is 12.8 Å². The van der Waals surface area contributed by atoms with Crippen molar-refractivity contribution in [3.63, 3.8) is 0 Å². The number of hydrogen-bond donors (Lipinski definition) is 0. The lowest BCUT2D eigenvalue weighted by Gasteiger charge is -2.19. The molecular formula is C12H15N3O2. The van der Waals surface area contributed by atoms with Gasteiger partial charge in [-0.1, -0.05) is 0 Å². The number of carbonyl (C=O) groups is 1. The molecule has 5 heteroatoms. The maximum absolute atomic E-state index is 10.9. The van der Waals surface area contributed by atoms with Gasteiger partial charge in [-0.2, -0.15) is 5.26 Å². The van der Waals surface area contributed by atoms with Gasteiger partial charge in [0.2, 0.25) is 0 Å². The van der Waals surface area contributed by atoms with Crippen LogP contribution in [0.3, 0.4) is 0 Å². The van der Waals surface area contributed by atoms with Crippen LogP contribution in [0.1, 0.15) is 18.5 Å². The summed E-state index contributed by atoms with van der Waals surface area (Å²) in [5, 5.41) is 8.91. The fraction of sp³-hybridized carbons (Fsp3) is 0.417. The first-order valence-electron chi connectivity index (χ1n) is 5.32. The fourth-order valence-corrected chi connectivity index (χ4v) is 1.47. The Bertz CT molecular complexity index is 426. The van der Waals surface area contributed by atoms with Gasteiger partial charge < -0.3 is 9.64 Å². The molecule has 1 rings (SSSR count). The van der Waals surface area contributed by atoms with Crippen LogP contribution in [-0.4, -0.2) is 31.7 Å². The Kier molecular flexibility index (Phi) is 4.95. The maximum atomic E-state index is 10.9. The van der Waals surface area contributed by atoms with Gasteiger partial charge in [0.25, 0.3) is 0 Å². The maximum Gasteiger partial charge on any atom is 0.305 e. The van der Waals surface area contributed by atoms with E-state index in [1.807, 2.05) is 24.1 Å². The van der Waals surface area contributed by atoms with E-state index in [-0.39, 0.29) is 5.97 Å². The van der Waals surface area contributed by atoms with Gasteiger partial charge in [-0.05, 0) is 18.6 Å². The summed E-state index contributed by atoms with van der Waals surface area (Å²) >= 11 is 0. The summed E-state index contributed by atoms with van der Waals surface area (Å²) in [6.45, 7) is 0.676. The molecule has 0 atom stereocenters. The van der Waals surface area contributed by atoms with Crippen LogP contribution < -0.4 is 4.90 Å². The zero-order chi connectivity index (χ0) is 12.7. The van der Waals surface area contributed by atoms with Crippen LogP contribution in [0.2, 0.25) is 0 Å². The van der Waals surface area contributed by atoms with Gasteiger partial charge in [0.15, 0.2) is 5.69 Å². The first-order valence-corrected chi connectivity index (χ1v) is 5.32. The molecule has 0 saturated carbocycles. The Labute approximate surface area is 101 Å². The molecule has 1 aromatic rings. The smallest absolute Gasteiger partial charge is 0.305 e. The summed E-state index contributed by atoms with van der Waals surface area (Å²) in [4.78, 5) is 16.8. The number of esters is 1. The topological polar surface area (TPSA) is 66.2 Å². The largest absolute Gasteiger partial charge is 0.469 e. The minimum absolute atomic E-state index is 0.218. The van der Waals surface area contributed by atoms with Crippen LogP contribution in [0.5, 0.6) is 0 Å². The number of aromatic nitrogens is 1. The first kappa shape index (κ1) is 13.0. The van der Waals surface area contributed by atoms with Crippen molar-refractivity contribution in [3.05, 3.63) is 24.0 Å². The average Bonchev–Trinajstić information content (AvgIpc) is 2.38. The van der Waals surface area contributed by atoms with Crippen LogP contribution >= 0.6 is 0 Å². The third-order valence-corrected chi connectivity index (χ3v) is 2.41. The second-order valence-electron chi connectivity index (χ2n) is 3.58. The lowest BCUT2D eigenvalue weighted by molar-refractivity contribution is -0.140. The van der Waals surface area contributed by atoms with Crippen LogP contribution in [0.25, 0.3) is 0 Å². The molecule has 0 aliphatic heterocycles. The molecule has 90 valence electrons. The van der Waals surface area contributed by atoms with Crippen molar-refractivity contribution in [2.75, 3.05) is 25.6 Å². The van der Waals surface area contributed by atoms with E-state index in [0.717, 1.165) is 5.69 Å². The lowest BCUT2D eigenvalue weighted by atomic mass is 10.2. The van der Waals surface area contributed by atoms with E-state index in [1.165, 1.54) is 7.11 Å². The SMILES string of the molecule is COC(=O)CCCN(C)c1cccnc1C#N. The summed E-state index contributed by atoms with van der Waals surface area (Å²) in [6, 6.07) is 5.66. The molecule has 0 saturated heterocycles. The molecule has 5 nitrogen and oxygen atoms in total. The molecule has 0 spiro atoms. The summed E-state index contributed by atoms with van der Waals surface area (Å²) < 4.78 is 4.56. The highest BCUT2D eigenvalue weighted by molar-refractivity contribution is 5.69. The monoisotopic (exact) mass is 233 g/mol. The van der Waals surface area contributed by atoms with Crippen molar-refractivity contribution in [1.29, 1.82) is 5.26 Å². The van der Waals surface area contributed by atoms with Gasteiger partial charge in [-0.3, -0.25) is 4.79 Å². The zero-order valence-electron chi connectivity index (χ0n) is 10.0. The standard InChI is InChI=1S/C12H15N3O2/c1-15(8-4-6-12(16)17-2)11-5-3-7-14-10(11)9-13/h3,5,7H,4,6,8H2,1-2H3. The number of rotatable bonds is 5. The van der Waals surface area contributed by atoms with Gasteiger partial charge in [0, 0.05) is 26.2 Å². The highest BCUT2D eigenvalue weighted by Crippen LogP contribution is 2.16. The highest BCUT2D eigenvalue weighted by atomic mass is 16.5. The number of nitrogens with zero attached hydrogens (tertiary/aromatic N) is 3. The van der Waals surface area contributed by atoms with E-state index in [2.05, 4.69) is 9.72 Å². The van der Waals surface area contributed by atoms with Crippen LogP contribution in [0, 0.1) is 11.3 Å². The van der Waals surface area contributed by atoms with Crippen LogP contribution in [0.4, 0.5) is 5.69 Å². The fourth-order valence-electron chi connectivity index (χ4n) is 1.47. The molecule has 0 N–H and O–H groups in total. The number of anilines is 1. The summed E-state index contributed by atoms with van der Waals surface area (Å²) in [6.07, 6.45) is 2.65. The van der Waals surface area contributed by atoms with E-state index in [9.17, 15) is 4.79 Å². The van der Waals surface area contributed by atoms with Gasteiger partial charge in [0.05, 0.1) is 12.8 Å². The first-order chi connectivity index (χ1) is 8.19. The Morgan fingerprint density at radius 2 is 2.41 bits per heavy atom. The van der Waals surface area contributed by atoms with Crippen molar-refractivity contribution in [3.8, 4) is 6.07 Å². The number of methoxy groups -OCH3 is 1. The van der Waals surface area contributed by atoms with Crippen LogP contribution in [0.15, 0.2) is 18.3 Å². The zero-order valence-corrected chi connectivity index (χ0v) is 10.0. The van der Waals surface area contributed by atoms with Gasteiger partial charge in [-0.25, -0.2) is 4.98 Å². The lowest BCUT2D eigenvalue weighted by Crippen LogP contribution is -2.20. The van der Waals surface area contributed by atoms with Crippen LogP contribution in [-0.2, 0) is 9.53 Å². The molecule has 0 radical (unpaired) electrons. The predicted molar refractivity (Wildman–Crippen MR) is 63.5 cm³/mol. The number of pyridine rings is 1. The Hall–Kier alpha value is -2.09. The Morgan fingerprint density at radius 1 is 1.65 bits per heavy atom. The van der Waals surface area contributed by atoms with E-state index in [0.29, 0.717) is 25.1 Å². The van der Waals surface area contributed by atoms with Gasteiger partial charge >= 0.3 is 5.97 Å². The molecule has 0 amide bonds. The molecule has 0 fully saturated rings. The quantitative estimate of drug-likeness (QED) is 0.718. The number of ether oxygens (including phenoxy) is 1. The van der Waals surface area contributed by atoms with E-state index in [1.54, 1.807) is 12.3 Å². The molecule has 0 aromatic carbocycles. The Morgan fingerprint density at radius 3 is 3.06 bits per heavy atom. The second kappa shape index (κ2) is 6.48. The average molecular weight is 233 g/mol. The number of carbonyl (C=O) groups excluding carboxylic acids is 1. The predicted octanol–water partition coefficient (Wildman–Crippen LogP) is 1.34. The molecule has 0 bridgehead atoms. The van der Waals surface area contributed by atoms with Crippen molar-refractivity contribution < 1.29 is 9.53 Å². The Balaban J connectivity index is 2.55. The summed E-state index contributed by atoms with van der Waals surface area (Å²) in [5.74, 6) is -0.218. The normalized spacial score (nSPS) is 9.47. The molecule has 0 unspecified atom stereocenters. The molecule has 0 aliphatic carbocycles.